The van der Waals surface area contributed by atoms with Crippen LogP contribution in [-0.4, -0.2) is 21.4 Å². The van der Waals surface area contributed by atoms with E-state index in [0.29, 0.717) is 5.95 Å². The average molecular weight is 312 g/mol. The van der Waals surface area contributed by atoms with E-state index < -0.39 is 0 Å². The summed E-state index contributed by atoms with van der Waals surface area (Å²) < 4.78 is 0. The van der Waals surface area contributed by atoms with Crippen LogP contribution < -0.4 is 5.32 Å². The third kappa shape index (κ3) is 3.09. The van der Waals surface area contributed by atoms with Gasteiger partial charge in [0, 0.05) is 5.69 Å². The van der Waals surface area contributed by atoms with Crippen molar-refractivity contribution in [3.05, 3.63) is 42.0 Å². The Balaban J connectivity index is 1.90. The molecule has 0 saturated carbocycles. The topological polar surface area (TPSA) is 53.6 Å². The molecule has 1 aromatic heterocycles. The highest BCUT2D eigenvalue weighted by Gasteiger charge is 2.13. The normalized spacial score (nSPS) is 11.8. The number of H-pyrrole nitrogens is 1. The largest absolute Gasteiger partial charge is 0.325 e. The van der Waals surface area contributed by atoms with Crippen molar-refractivity contribution in [3.63, 3.8) is 0 Å². The molecule has 3 rings (SSSR count). The maximum atomic E-state index is 4.34. The van der Waals surface area contributed by atoms with Crippen molar-refractivity contribution in [1.82, 2.24) is 15.2 Å². The Morgan fingerprint density at radius 1 is 1.05 bits per heavy atom. The van der Waals surface area contributed by atoms with Gasteiger partial charge in [-0.1, -0.05) is 56.8 Å². The van der Waals surface area contributed by atoms with Crippen LogP contribution >= 0.6 is 11.8 Å². The Bertz CT molecular complexity index is 802. The molecule has 3 aromatic rings. The number of aromatic amines is 1. The van der Waals surface area contributed by atoms with Gasteiger partial charge in [0.15, 0.2) is 0 Å². The first kappa shape index (κ1) is 14.9. The quantitative estimate of drug-likeness (QED) is 0.687. The number of anilines is 2. The maximum Gasteiger partial charge on any atom is 0.223 e. The predicted octanol–water partition coefficient (Wildman–Crippen LogP) is 4.72. The lowest BCUT2D eigenvalue weighted by molar-refractivity contribution is 0.591. The number of thioether (sulfide) groups is 1. The van der Waals surface area contributed by atoms with Crippen molar-refractivity contribution >= 4 is 34.2 Å². The van der Waals surface area contributed by atoms with Gasteiger partial charge in [0.2, 0.25) is 11.1 Å². The Kier molecular flexibility index (Phi) is 3.83. The second-order valence-corrected chi connectivity index (χ2v) is 7.10. The van der Waals surface area contributed by atoms with E-state index >= 15 is 0 Å². The molecule has 4 nitrogen and oxygen atoms in total. The van der Waals surface area contributed by atoms with Gasteiger partial charge in [-0.2, -0.15) is 4.98 Å². The van der Waals surface area contributed by atoms with Gasteiger partial charge >= 0.3 is 0 Å². The smallest absolute Gasteiger partial charge is 0.223 e. The summed E-state index contributed by atoms with van der Waals surface area (Å²) in [5.74, 6) is 0.662. The van der Waals surface area contributed by atoms with Crippen molar-refractivity contribution < 1.29 is 0 Å². The summed E-state index contributed by atoms with van der Waals surface area (Å²) in [5.41, 5.74) is 2.51. The van der Waals surface area contributed by atoms with Gasteiger partial charge in [0.1, 0.15) is 0 Å². The number of nitrogens with zero attached hydrogens (tertiary/aromatic N) is 2. The Morgan fingerprint density at radius 3 is 2.45 bits per heavy atom. The number of rotatable bonds is 3. The highest BCUT2D eigenvalue weighted by Crippen LogP contribution is 2.28. The third-order valence-corrected chi connectivity index (χ3v) is 4.16. The van der Waals surface area contributed by atoms with Crippen molar-refractivity contribution in [2.75, 3.05) is 11.6 Å². The molecule has 2 N–H and O–H groups in total. The first-order valence-corrected chi connectivity index (χ1v) is 8.46. The van der Waals surface area contributed by atoms with Crippen molar-refractivity contribution in [1.29, 1.82) is 0 Å². The Hall–Kier alpha value is -2.01. The zero-order valence-electron chi connectivity index (χ0n) is 13.3. The molecule has 0 aliphatic rings. The van der Waals surface area contributed by atoms with Gasteiger partial charge in [-0.25, -0.2) is 5.10 Å². The summed E-state index contributed by atoms with van der Waals surface area (Å²) >= 11 is 1.51. The van der Waals surface area contributed by atoms with E-state index in [1.165, 1.54) is 28.1 Å². The summed E-state index contributed by atoms with van der Waals surface area (Å²) in [7, 11) is 0. The number of hydrogen-bond donors (Lipinski definition) is 2. The first-order valence-electron chi connectivity index (χ1n) is 7.23. The molecule has 0 bridgehead atoms. The van der Waals surface area contributed by atoms with Crippen molar-refractivity contribution in [3.8, 4) is 0 Å². The van der Waals surface area contributed by atoms with Gasteiger partial charge in [-0.3, -0.25) is 0 Å². The molecule has 0 aliphatic heterocycles. The first-order chi connectivity index (χ1) is 10.5. The zero-order valence-corrected chi connectivity index (χ0v) is 14.1. The molecule has 0 atom stereocenters. The summed E-state index contributed by atoms with van der Waals surface area (Å²) in [5, 5.41) is 13.4. The number of benzene rings is 2. The summed E-state index contributed by atoms with van der Waals surface area (Å²) in [6, 6.07) is 13.0. The van der Waals surface area contributed by atoms with Gasteiger partial charge in [-0.05, 0) is 40.1 Å². The van der Waals surface area contributed by atoms with Crippen LogP contribution in [0.4, 0.5) is 11.6 Å². The van der Waals surface area contributed by atoms with Gasteiger partial charge in [-0.15, -0.1) is 5.10 Å². The van der Waals surface area contributed by atoms with E-state index in [2.05, 4.69) is 77.7 Å². The summed E-state index contributed by atoms with van der Waals surface area (Å²) in [6.45, 7) is 6.70. The lowest BCUT2D eigenvalue weighted by Crippen LogP contribution is -2.10. The standard InChI is InChI=1S/C17H20N4S/c1-17(2,3)13-7-5-12-10-14(8-6-11(12)9-13)18-15-19-16(22-4)21-20-15/h5-10H,1-4H3,(H2,18,19,20,21). The average Bonchev–Trinajstić information content (AvgIpc) is 2.93. The molecule has 22 heavy (non-hydrogen) atoms. The number of nitrogens with one attached hydrogen (secondary N) is 2. The minimum Gasteiger partial charge on any atom is -0.325 e. The molecular formula is C17H20N4S. The molecule has 0 saturated heterocycles. The Morgan fingerprint density at radius 2 is 1.77 bits per heavy atom. The molecule has 2 aromatic carbocycles. The summed E-state index contributed by atoms with van der Waals surface area (Å²) in [4.78, 5) is 4.34. The van der Waals surface area contributed by atoms with Crippen LogP contribution in [-0.2, 0) is 5.41 Å². The van der Waals surface area contributed by atoms with Crippen LogP contribution in [0.3, 0.4) is 0 Å². The maximum absolute atomic E-state index is 4.34. The van der Waals surface area contributed by atoms with E-state index in [9.17, 15) is 0 Å². The van der Waals surface area contributed by atoms with E-state index in [1.807, 2.05) is 6.26 Å². The minimum absolute atomic E-state index is 0.166. The minimum atomic E-state index is 0.166. The molecule has 0 amide bonds. The molecular weight excluding hydrogens is 292 g/mol. The van der Waals surface area contributed by atoms with Gasteiger partial charge in [0.25, 0.3) is 0 Å². The SMILES string of the molecule is CSc1n[nH]c(Nc2ccc3cc(C(C)(C)C)ccc3c2)n1. The van der Waals surface area contributed by atoms with Crippen LogP contribution in [0.2, 0.25) is 0 Å². The fourth-order valence-electron chi connectivity index (χ4n) is 2.32. The van der Waals surface area contributed by atoms with Crippen molar-refractivity contribution in [2.24, 2.45) is 0 Å². The molecule has 114 valence electrons. The van der Waals surface area contributed by atoms with Crippen LogP contribution in [0.1, 0.15) is 26.3 Å². The second-order valence-electron chi connectivity index (χ2n) is 6.32. The van der Waals surface area contributed by atoms with E-state index in [1.54, 1.807) is 0 Å². The van der Waals surface area contributed by atoms with Crippen LogP contribution in [0.25, 0.3) is 10.8 Å². The van der Waals surface area contributed by atoms with Crippen molar-refractivity contribution in [2.45, 2.75) is 31.3 Å². The third-order valence-electron chi connectivity index (χ3n) is 3.62. The highest BCUT2D eigenvalue weighted by atomic mass is 32.2. The lowest BCUT2D eigenvalue weighted by Gasteiger charge is -2.19. The molecule has 5 heteroatoms. The second kappa shape index (κ2) is 5.65. The fraction of sp³-hybridized carbons (Fsp3) is 0.294. The lowest BCUT2D eigenvalue weighted by atomic mass is 9.86. The Labute approximate surface area is 134 Å². The van der Waals surface area contributed by atoms with Crippen LogP contribution in [0, 0.1) is 0 Å². The molecule has 0 spiro atoms. The number of aromatic nitrogens is 3. The summed E-state index contributed by atoms with van der Waals surface area (Å²) in [6.07, 6.45) is 1.95. The molecule has 0 unspecified atom stereocenters. The zero-order chi connectivity index (χ0) is 15.7. The van der Waals surface area contributed by atoms with E-state index in [0.717, 1.165) is 10.8 Å². The molecule has 0 radical (unpaired) electrons. The number of fused-ring (bicyclic) bond motifs is 1. The van der Waals surface area contributed by atoms with E-state index in [4.69, 9.17) is 0 Å². The molecule has 0 fully saturated rings. The predicted molar refractivity (Wildman–Crippen MR) is 94.1 cm³/mol. The molecule has 0 aliphatic carbocycles. The highest BCUT2D eigenvalue weighted by molar-refractivity contribution is 7.98. The number of hydrogen-bond acceptors (Lipinski definition) is 4. The molecule has 1 heterocycles. The van der Waals surface area contributed by atoms with Gasteiger partial charge < -0.3 is 5.32 Å². The fourth-order valence-corrected chi connectivity index (χ4v) is 2.64. The van der Waals surface area contributed by atoms with E-state index in [-0.39, 0.29) is 5.41 Å². The van der Waals surface area contributed by atoms with Crippen LogP contribution in [0.15, 0.2) is 41.6 Å². The monoisotopic (exact) mass is 312 g/mol. The van der Waals surface area contributed by atoms with Crippen LogP contribution in [0.5, 0.6) is 0 Å². The van der Waals surface area contributed by atoms with Gasteiger partial charge in [0.05, 0.1) is 0 Å².